The Morgan fingerprint density at radius 2 is 1.49 bits per heavy atom. The summed E-state index contributed by atoms with van der Waals surface area (Å²) in [6, 6.07) is 0. The molecule has 0 aromatic carbocycles. The first-order chi connectivity index (χ1) is 26.6. The average Bonchev–Trinajstić information content (AvgIpc) is 3.41. The highest BCUT2D eigenvalue weighted by atomic mass is 32.3. The zero-order valence-electron chi connectivity index (χ0n) is 33.6. The number of fused-ring (bicyclic) bond motifs is 5. The van der Waals surface area contributed by atoms with Gasteiger partial charge in [-0.15, -0.1) is 0 Å². The summed E-state index contributed by atoms with van der Waals surface area (Å²) in [4.78, 5) is 0. The lowest BCUT2D eigenvalue weighted by Gasteiger charge is -2.66. The van der Waals surface area contributed by atoms with Crippen molar-refractivity contribution in [3.63, 3.8) is 0 Å². The first-order valence-corrected chi connectivity index (χ1v) is 21.8. The zero-order valence-corrected chi connectivity index (χ0v) is 34.4. The molecule has 6 aliphatic rings. The highest BCUT2D eigenvalue weighted by Gasteiger charge is 2.71. The molecule has 17 nitrogen and oxygen atoms in total. The van der Waals surface area contributed by atoms with Crippen molar-refractivity contribution in [2.45, 2.75) is 158 Å². The van der Waals surface area contributed by atoms with Crippen LogP contribution in [0.15, 0.2) is 12.2 Å². The van der Waals surface area contributed by atoms with Gasteiger partial charge in [-0.1, -0.05) is 39.8 Å². The van der Waals surface area contributed by atoms with Crippen LogP contribution in [0.5, 0.6) is 0 Å². The lowest BCUT2D eigenvalue weighted by atomic mass is 9.41. The second-order valence-electron chi connectivity index (χ2n) is 18.6. The van der Waals surface area contributed by atoms with Gasteiger partial charge in [-0.05, 0) is 73.5 Å². The summed E-state index contributed by atoms with van der Waals surface area (Å²) in [5.41, 5.74) is -1.48. The number of rotatable bonds is 13. The van der Waals surface area contributed by atoms with Crippen molar-refractivity contribution in [1.29, 1.82) is 0 Å². The van der Waals surface area contributed by atoms with E-state index >= 15 is 0 Å². The molecular formula is C39H66O17S. The van der Waals surface area contributed by atoms with E-state index in [-0.39, 0.29) is 43.3 Å². The second kappa shape index (κ2) is 17.1. The summed E-state index contributed by atoms with van der Waals surface area (Å²) in [5.74, 6) is -1.32. The Balaban J connectivity index is 1.09. The summed E-state index contributed by atoms with van der Waals surface area (Å²) in [6.45, 7) is 11.8. The highest BCUT2D eigenvalue weighted by molar-refractivity contribution is 7.80. The van der Waals surface area contributed by atoms with Crippen molar-refractivity contribution in [2.24, 2.45) is 46.3 Å². The number of hydrogen-bond donors (Lipinski definition) is 9. The molecule has 0 amide bonds. The van der Waals surface area contributed by atoms with Crippen LogP contribution in [0.25, 0.3) is 0 Å². The highest BCUT2D eigenvalue weighted by Crippen LogP contribution is 2.70. The Bertz CT molecular complexity index is 1520. The fourth-order valence-electron chi connectivity index (χ4n) is 12.3. The molecule has 330 valence electrons. The molecule has 0 bridgehead atoms. The molecule has 2 saturated heterocycles. The molecule has 18 heteroatoms. The third kappa shape index (κ3) is 8.51. The van der Waals surface area contributed by atoms with Crippen LogP contribution in [0, 0.1) is 46.3 Å². The number of aliphatic hydroxyl groups excluding tert-OH is 7. The van der Waals surface area contributed by atoms with Crippen LogP contribution in [-0.2, 0) is 38.3 Å². The molecular weight excluding hydrogens is 772 g/mol. The molecule has 0 aromatic heterocycles. The predicted octanol–water partition coefficient (Wildman–Crippen LogP) is 0.0422. The second-order valence-corrected chi connectivity index (χ2v) is 19.7. The monoisotopic (exact) mass is 838 g/mol. The van der Waals surface area contributed by atoms with Gasteiger partial charge in [-0.25, -0.2) is 4.18 Å². The molecule has 0 radical (unpaired) electrons. The van der Waals surface area contributed by atoms with E-state index in [1.807, 2.05) is 13.8 Å². The van der Waals surface area contributed by atoms with Crippen molar-refractivity contribution >= 4 is 10.4 Å². The lowest BCUT2D eigenvalue weighted by molar-refractivity contribution is -0.343. The van der Waals surface area contributed by atoms with E-state index in [1.54, 1.807) is 0 Å². The Morgan fingerprint density at radius 3 is 2.16 bits per heavy atom. The molecule has 4 saturated carbocycles. The van der Waals surface area contributed by atoms with Crippen LogP contribution in [0.3, 0.4) is 0 Å². The number of methoxy groups -OCH3 is 1. The van der Waals surface area contributed by atoms with E-state index < -0.39 is 119 Å². The number of ether oxygens (including phenoxy) is 5. The topological polar surface area (TPSA) is 272 Å². The molecule has 9 N–H and O–H groups in total. The normalized spacial score (nSPS) is 50.0. The van der Waals surface area contributed by atoms with Gasteiger partial charge in [0.15, 0.2) is 12.6 Å². The van der Waals surface area contributed by atoms with E-state index in [2.05, 4.69) is 20.4 Å². The van der Waals surface area contributed by atoms with Crippen LogP contribution in [-0.4, -0.2) is 160 Å². The van der Waals surface area contributed by atoms with Gasteiger partial charge in [0.1, 0.15) is 36.6 Å². The van der Waals surface area contributed by atoms with Gasteiger partial charge in [-0.2, -0.15) is 8.42 Å². The van der Waals surface area contributed by atoms with Gasteiger partial charge in [0.05, 0.1) is 49.8 Å². The van der Waals surface area contributed by atoms with Gasteiger partial charge in [0.25, 0.3) is 0 Å². The first-order valence-electron chi connectivity index (χ1n) is 20.4. The summed E-state index contributed by atoms with van der Waals surface area (Å²) >= 11 is 0. The first kappa shape index (κ1) is 45.6. The quantitative estimate of drug-likeness (QED) is 0.0875. The molecule has 4 aliphatic carbocycles. The summed E-state index contributed by atoms with van der Waals surface area (Å²) in [6.07, 6.45) is -10.9. The SMILES string of the molecule is C=C(CCC(C)C1CC(O)C2C3(O)CC(O)C4C(O)C(O)CC[C@]4(C)C3CC[C@]12C)C(C)COC1OC[C@@H](O)C(OS(=O)(=O)O)C1O[C@@H]1OC[C@@H](O)C(O)C1OC. The van der Waals surface area contributed by atoms with E-state index in [4.69, 9.17) is 27.9 Å². The number of aliphatic hydroxyl groups is 8. The van der Waals surface area contributed by atoms with Crippen molar-refractivity contribution in [3.8, 4) is 0 Å². The van der Waals surface area contributed by atoms with Crippen molar-refractivity contribution < 1.29 is 81.7 Å². The van der Waals surface area contributed by atoms with Crippen molar-refractivity contribution in [2.75, 3.05) is 26.9 Å². The van der Waals surface area contributed by atoms with Gasteiger partial charge in [0, 0.05) is 31.3 Å². The van der Waals surface area contributed by atoms with Gasteiger partial charge >= 0.3 is 10.4 Å². The Morgan fingerprint density at radius 1 is 0.842 bits per heavy atom. The smallest absolute Gasteiger partial charge is 0.393 e. The molecule has 16 unspecified atom stereocenters. The largest absolute Gasteiger partial charge is 0.397 e. The van der Waals surface area contributed by atoms with Crippen molar-refractivity contribution in [3.05, 3.63) is 12.2 Å². The fourth-order valence-corrected chi connectivity index (χ4v) is 12.8. The average molecular weight is 839 g/mol. The maximum absolute atomic E-state index is 12.6. The third-order valence-electron chi connectivity index (χ3n) is 15.2. The molecule has 57 heavy (non-hydrogen) atoms. The van der Waals surface area contributed by atoms with E-state index in [1.165, 1.54) is 7.11 Å². The molecule has 0 aromatic rings. The lowest BCUT2D eigenvalue weighted by Crippen LogP contribution is -2.70. The Hall–Kier alpha value is -0.910. The summed E-state index contributed by atoms with van der Waals surface area (Å²) < 4.78 is 66.3. The van der Waals surface area contributed by atoms with Crippen molar-refractivity contribution in [1.82, 2.24) is 0 Å². The van der Waals surface area contributed by atoms with Gasteiger partial charge in [0.2, 0.25) is 0 Å². The Labute approximate surface area is 335 Å². The van der Waals surface area contributed by atoms with Crippen LogP contribution < -0.4 is 0 Å². The molecule has 6 fully saturated rings. The molecule has 21 atom stereocenters. The predicted molar refractivity (Wildman–Crippen MR) is 199 cm³/mol. The standard InChI is InChI=1S/C39H66O17S/c1-18(20(3)15-52-35-33(31(26(44)17-53-35)56-57(48,49)50)55-36-32(51-6)30(46)25(43)16-54-36)7-8-19(2)21-13-23(41)34-37(21,4)12-10-27-38(5)11-9-22(40)29(45)28(38)24(42)14-39(27,34)47/h19-36,40-47H,1,7-17H2,2-6H3,(H,48,49,50)/t19?,20?,21?,22?,23?,24?,25-,26-,27?,28?,29?,30?,31?,32?,33?,34?,35?,36+,37-,38-,39?/m1/s1. The number of hydrogen-bond acceptors (Lipinski definition) is 16. The van der Waals surface area contributed by atoms with Crippen LogP contribution in [0.4, 0.5) is 0 Å². The summed E-state index contributed by atoms with van der Waals surface area (Å²) in [5, 5.41) is 88.3. The van der Waals surface area contributed by atoms with E-state index in [0.29, 0.717) is 32.1 Å². The molecule has 0 spiro atoms. The van der Waals surface area contributed by atoms with Gasteiger partial charge in [-0.3, -0.25) is 4.55 Å². The van der Waals surface area contributed by atoms with Crippen LogP contribution in [0.2, 0.25) is 0 Å². The minimum Gasteiger partial charge on any atom is -0.393 e. The van der Waals surface area contributed by atoms with Gasteiger partial charge < -0.3 is 64.5 Å². The minimum absolute atomic E-state index is 0.0250. The van der Waals surface area contributed by atoms with Crippen LogP contribution in [0.1, 0.15) is 79.1 Å². The zero-order chi connectivity index (χ0) is 42.0. The molecule has 2 heterocycles. The maximum Gasteiger partial charge on any atom is 0.397 e. The Kier molecular flexibility index (Phi) is 13.7. The minimum atomic E-state index is -5.08. The molecule has 2 aliphatic heterocycles. The maximum atomic E-state index is 12.6. The fraction of sp³-hybridized carbons (Fsp3) is 0.949. The van der Waals surface area contributed by atoms with E-state index in [9.17, 15) is 53.8 Å². The van der Waals surface area contributed by atoms with E-state index in [0.717, 1.165) is 18.4 Å². The summed E-state index contributed by atoms with van der Waals surface area (Å²) in [7, 11) is -3.83. The van der Waals surface area contributed by atoms with Crippen LogP contribution >= 0.6 is 0 Å². The molecule has 6 rings (SSSR count). The third-order valence-corrected chi connectivity index (χ3v) is 15.7.